The Morgan fingerprint density at radius 2 is 2.29 bits per heavy atom. The maximum Gasteiger partial charge on any atom is 0.317 e. The molecule has 6 heteroatoms. The highest BCUT2D eigenvalue weighted by Crippen LogP contribution is 2.05. The van der Waals surface area contributed by atoms with Crippen LogP contribution in [0.25, 0.3) is 5.65 Å². The summed E-state index contributed by atoms with van der Waals surface area (Å²) in [6, 6.07) is 5.09. The van der Waals surface area contributed by atoms with Crippen molar-refractivity contribution in [3.05, 3.63) is 58.7 Å². The van der Waals surface area contributed by atoms with Gasteiger partial charge >= 0.3 is 5.97 Å². The van der Waals surface area contributed by atoms with E-state index in [0.717, 1.165) is 5.56 Å². The monoisotopic (exact) mass is 287 g/mol. The van der Waals surface area contributed by atoms with Crippen LogP contribution in [0.3, 0.4) is 0 Å². The first kappa shape index (κ1) is 14.9. The summed E-state index contributed by atoms with van der Waals surface area (Å²) in [5.41, 5.74) is 1.90. The lowest BCUT2D eigenvalue weighted by molar-refractivity contribution is -0.138. The van der Waals surface area contributed by atoms with Gasteiger partial charge in [0.2, 0.25) is 0 Å². The molecule has 0 fully saturated rings. The predicted octanol–water partition coefficient (Wildman–Crippen LogP) is 1.08. The van der Waals surface area contributed by atoms with Crippen LogP contribution in [-0.2, 0) is 11.3 Å². The van der Waals surface area contributed by atoms with E-state index in [-0.39, 0.29) is 18.6 Å². The Morgan fingerprint density at radius 3 is 2.95 bits per heavy atom. The number of hydrogen-bond acceptors (Lipinski definition) is 4. The average Bonchev–Trinajstić information content (AvgIpc) is 2.39. The van der Waals surface area contributed by atoms with Crippen molar-refractivity contribution in [2.75, 3.05) is 13.1 Å². The minimum absolute atomic E-state index is 0.124. The number of carboxylic acids is 1. The molecule has 0 radical (unpaired) electrons. The third-order valence-electron chi connectivity index (χ3n) is 2.99. The Balaban J connectivity index is 2.33. The van der Waals surface area contributed by atoms with Crippen molar-refractivity contribution in [1.82, 2.24) is 14.3 Å². The van der Waals surface area contributed by atoms with Crippen molar-refractivity contribution in [2.45, 2.75) is 13.5 Å². The molecule has 0 aromatic carbocycles. The van der Waals surface area contributed by atoms with E-state index < -0.39 is 5.97 Å². The molecule has 0 spiro atoms. The minimum atomic E-state index is -0.926. The van der Waals surface area contributed by atoms with Gasteiger partial charge in [-0.1, -0.05) is 12.1 Å². The van der Waals surface area contributed by atoms with Gasteiger partial charge in [0.05, 0.1) is 12.2 Å². The Hall–Kier alpha value is -2.47. The second-order valence-corrected chi connectivity index (χ2v) is 4.87. The lowest BCUT2D eigenvalue weighted by atomic mass is 10.3. The molecule has 1 N–H and O–H groups in total. The Labute approximate surface area is 122 Å². The van der Waals surface area contributed by atoms with Crippen molar-refractivity contribution in [3.63, 3.8) is 0 Å². The van der Waals surface area contributed by atoms with Gasteiger partial charge in [0, 0.05) is 25.4 Å². The van der Waals surface area contributed by atoms with Crippen molar-refractivity contribution in [2.24, 2.45) is 0 Å². The predicted molar refractivity (Wildman–Crippen MR) is 79.3 cm³/mol. The molecule has 0 unspecified atom stereocenters. The molecule has 2 aromatic rings. The van der Waals surface area contributed by atoms with Gasteiger partial charge in [-0.15, -0.1) is 6.58 Å². The fraction of sp³-hybridized carbons (Fsp3) is 0.267. The molecular formula is C15H17N3O3. The van der Waals surface area contributed by atoms with Gasteiger partial charge in [0.1, 0.15) is 5.65 Å². The number of aryl methyl sites for hydroxylation is 1. The van der Waals surface area contributed by atoms with E-state index in [2.05, 4.69) is 11.6 Å². The van der Waals surface area contributed by atoms with E-state index in [0.29, 0.717) is 17.9 Å². The molecule has 6 nitrogen and oxygen atoms in total. The fourth-order valence-corrected chi connectivity index (χ4v) is 2.13. The maximum atomic E-state index is 12.1. The van der Waals surface area contributed by atoms with Crippen LogP contribution in [0.5, 0.6) is 0 Å². The van der Waals surface area contributed by atoms with Gasteiger partial charge in [-0.3, -0.25) is 18.9 Å². The first-order valence-electron chi connectivity index (χ1n) is 6.53. The summed E-state index contributed by atoms with van der Waals surface area (Å²) >= 11 is 0. The normalized spacial score (nSPS) is 11.0. The summed E-state index contributed by atoms with van der Waals surface area (Å²) < 4.78 is 1.48. The average molecular weight is 287 g/mol. The largest absolute Gasteiger partial charge is 0.480 e. The summed E-state index contributed by atoms with van der Waals surface area (Å²) in [6.07, 6.45) is 3.35. The third kappa shape index (κ3) is 3.76. The molecule has 0 aliphatic carbocycles. The third-order valence-corrected chi connectivity index (χ3v) is 2.99. The van der Waals surface area contributed by atoms with Gasteiger partial charge in [-0.05, 0) is 18.6 Å². The van der Waals surface area contributed by atoms with E-state index in [9.17, 15) is 9.59 Å². The smallest absolute Gasteiger partial charge is 0.317 e. The van der Waals surface area contributed by atoms with Crippen LogP contribution in [0.15, 0.2) is 41.8 Å². The number of rotatable bonds is 6. The van der Waals surface area contributed by atoms with Crippen LogP contribution in [0.2, 0.25) is 0 Å². The summed E-state index contributed by atoms with van der Waals surface area (Å²) in [7, 11) is 0. The van der Waals surface area contributed by atoms with Crippen molar-refractivity contribution < 1.29 is 9.90 Å². The van der Waals surface area contributed by atoms with Crippen LogP contribution < -0.4 is 5.56 Å². The second-order valence-electron chi connectivity index (χ2n) is 4.87. The van der Waals surface area contributed by atoms with Crippen molar-refractivity contribution in [3.8, 4) is 0 Å². The molecular weight excluding hydrogens is 270 g/mol. The zero-order chi connectivity index (χ0) is 15.4. The number of hydrogen-bond donors (Lipinski definition) is 1. The molecule has 0 saturated carbocycles. The molecule has 0 bridgehead atoms. The van der Waals surface area contributed by atoms with Crippen LogP contribution in [0.1, 0.15) is 11.3 Å². The van der Waals surface area contributed by atoms with Gasteiger partial charge in [0.15, 0.2) is 0 Å². The first-order chi connectivity index (χ1) is 9.99. The summed E-state index contributed by atoms with van der Waals surface area (Å²) in [5.74, 6) is -0.926. The Morgan fingerprint density at radius 1 is 1.52 bits per heavy atom. The van der Waals surface area contributed by atoms with Gasteiger partial charge in [-0.2, -0.15) is 0 Å². The van der Waals surface area contributed by atoms with E-state index in [1.54, 1.807) is 23.2 Å². The molecule has 2 rings (SSSR count). The van der Waals surface area contributed by atoms with Crippen LogP contribution in [0, 0.1) is 6.92 Å². The first-order valence-corrected chi connectivity index (χ1v) is 6.53. The number of carboxylic acid groups (broad SMARTS) is 1. The lowest BCUT2D eigenvalue weighted by Gasteiger charge is -2.17. The zero-order valence-corrected chi connectivity index (χ0v) is 11.8. The molecule has 0 aliphatic rings. The number of pyridine rings is 1. The van der Waals surface area contributed by atoms with Gasteiger partial charge in [0.25, 0.3) is 5.56 Å². The quantitative estimate of drug-likeness (QED) is 0.805. The molecule has 110 valence electrons. The highest BCUT2D eigenvalue weighted by Gasteiger charge is 2.11. The van der Waals surface area contributed by atoms with E-state index in [1.165, 1.54) is 10.5 Å². The number of carbonyl (C=O) groups is 1. The Kier molecular flexibility index (Phi) is 4.49. The van der Waals surface area contributed by atoms with E-state index >= 15 is 0 Å². The van der Waals surface area contributed by atoms with E-state index in [1.807, 2.05) is 13.0 Å². The van der Waals surface area contributed by atoms with E-state index in [4.69, 9.17) is 5.11 Å². The topological polar surface area (TPSA) is 74.9 Å². The number of aliphatic carboxylic acids is 1. The molecule has 21 heavy (non-hydrogen) atoms. The van der Waals surface area contributed by atoms with Crippen LogP contribution >= 0.6 is 0 Å². The number of aromatic nitrogens is 2. The zero-order valence-electron chi connectivity index (χ0n) is 11.8. The number of nitrogens with zero attached hydrogens (tertiary/aromatic N) is 3. The van der Waals surface area contributed by atoms with Gasteiger partial charge < -0.3 is 5.11 Å². The summed E-state index contributed by atoms with van der Waals surface area (Å²) in [6.45, 7) is 6.09. The lowest BCUT2D eigenvalue weighted by Crippen LogP contribution is -2.30. The van der Waals surface area contributed by atoms with Crippen LogP contribution in [-0.4, -0.2) is 38.4 Å². The molecule has 0 aliphatic heterocycles. The van der Waals surface area contributed by atoms with Crippen molar-refractivity contribution in [1.29, 1.82) is 0 Å². The van der Waals surface area contributed by atoms with Crippen LogP contribution in [0.4, 0.5) is 0 Å². The summed E-state index contributed by atoms with van der Waals surface area (Å²) in [5, 5.41) is 8.88. The SMILES string of the molecule is C=CCN(CC(=O)O)Cc1cc(=O)n2cc(C)ccc2n1. The molecule has 0 amide bonds. The van der Waals surface area contributed by atoms with Gasteiger partial charge in [-0.25, -0.2) is 4.98 Å². The van der Waals surface area contributed by atoms with Crippen molar-refractivity contribution >= 4 is 11.6 Å². The fourth-order valence-electron chi connectivity index (χ4n) is 2.13. The minimum Gasteiger partial charge on any atom is -0.480 e. The highest BCUT2D eigenvalue weighted by atomic mass is 16.4. The second kappa shape index (κ2) is 6.32. The standard InChI is InChI=1S/C15H17N3O3/c1-3-6-17(10-15(20)21)9-12-7-14(19)18-8-11(2)4-5-13(18)16-12/h3-5,7-8H,1,6,9-10H2,2H3,(H,20,21). The summed E-state index contributed by atoms with van der Waals surface area (Å²) in [4.78, 5) is 29.0. The molecule has 0 saturated heterocycles. The maximum absolute atomic E-state index is 12.1. The molecule has 0 atom stereocenters. The highest BCUT2D eigenvalue weighted by molar-refractivity contribution is 5.69. The Bertz CT molecular complexity index is 737. The molecule has 2 heterocycles. The number of fused-ring (bicyclic) bond motifs is 1. The molecule has 2 aromatic heterocycles.